The molecule has 5 rings (SSSR count). The van der Waals surface area contributed by atoms with Crippen molar-refractivity contribution in [2.75, 3.05) is 5.73 Å². The molecule has 0 saturated carbocycles. The Bertz CT molecular complexity index is 1430. The van der Waals surface area contributed by atoms with Crippen LogP contribution in [0.5, 0.6) is 0 Å². The Kier molecular flexibility index (Phi) is 5.08. The smallest absolute Gasteiger partial charge is 0.274 e. The molecule has 0 saturated heterocycles. The largest absolute Gasteiger partial charge is 0.382 e. The first-order valence-corrected chi connectivity index (χ1v) is 10.8. The third-order valence-corrected chi connectivity index (χ3v) is 5.85. The van der Waals surface area contributed by atoms with Gasteiger partial charge in [0.05, 0.1) is 17.8 Å². The lowest BCUT2D eigenvalue weighted by Gasteiger charge is -2.12. The standard InChI is InChI=1S/C23H19N7OS/c1-30-10-8-18(29-30)20-19(15-6-7-17-14(12-15)4-2-9-25-17)27-21(22(24)28-20)23(31)26-13-16-5-3-11-32-16/h2-12H,13H2,1H3,(H2,24,28)(H,26,31). The maximum absolute atomic E-state index is 12.9. The predicted octanol–water partition coefficient (Wildman–Crippen LogP) is 3.67. The third kappa shape index (κ3) is 3.81. The number of nitrogens with one attached hydrogen (secondary N) is 1. The van der Waals surface area contributed by atoms with Crippen LogP contribution in [-0.4, -0.2) is 30.6 Å². The van der Waals surface area contributed by atoms with Gasteiger partial charge >= 0.3 is 0 Å². The van der Waals surface area contributed by atoms with E-state index < -0.39 is 0 Å². The second-order valence-electron chi connectivity index (χ2n) is 7.20. The summed E-state index contributed by atoms with van der Waals surface area (Å²) in [6.07, 6.45) is 3.57. The molecule has 9 heteroatoms. The molecule has 0 unspecified atom stereocenters. The van der Waals surface area contributed by atoms with E-state index in [9.17, 15) is 4.79 Å². The summed E-state index contributed by atoms with van der Waals surface area (Å²) in [6, 6.07) is 15.4. The van der Waals surface area contributed by atoms with Gasteiger partial charge in [-0.25, -0.2) is 9.97 Å². The van der Waals surface area contributed by atoms with Crippen molar-refractivity contribution >= 4 is 34.0 Å². The number of fused-ring (bicyclic) bond motifs is 1. The summed E-state index contributed by atoms with van der Waals surface area (Å²) in [7, 11) is 1.83. The zero-order valence-corrected chi connectivity index (χ0v) is 18.0. The number of nitrogens with two attached hydrogens (primary N) is 1. The van der Waals surface area contributed by atoms with Crippen LogP contribution in [-0.2, 0) is 13.6 Å². The predicted molar refractivity (Wildman–Crippen MR) is 125 cm³/mol. The van der Waals surface area contributed by atoms with E-state index in [-0.39, 0.29) is 17.4 Å². The molecule has 1 aromatic carbocycles. The first-order chi connectivity index (χ1) is 15.6. The van der Waals surface area contributed by atoms with Gasteiger partial charge in [0.25, 0.3) is 5.91 Å². The Morgan fingerprint density at radius 3 is 2.81 bits per heavy atom. The van der Waals surface area contributed by atoms with Gasteiger partial charge in [0.1, 0.15) is 11.4 Å². The van der Waals surface area contributed by atoms with Gasteiger partial charge in [0.2, 0.25) is 0 Å². The summed E-state index contributed by atoms with van der Waals surface area (Å²) in [6.45, 7) is 0.399. The number of nitrogens with zero attached hydrogens (tertiary/aromatic N) is 5. The number of carbonyl (C=O) groups is 1. The van der Waals surface area contributed by atoms with Crippen LogP contribution in [0.15, 0.2) is 66.3 Å². The summed E-state index contributed by atoms with van der Waals surface area (Å²) < 4.78 is 1.68. The molecular formula is C23H19N7OS. The van der Waals surface area contributed by atoms with E-state index in [1.165, 1.54) is 0 Å². The fourth-order valence-corrected chi connectivity index (χ4v) is 4.07. The highest BCUT2D eigenvalue weighted by Gasteiger charge is 2.21. The maximum atomic E-state index is 12.9. The number of hydrogen-bond donors (Lipinski definition) is 2. The number of pyridine rings is 1. The number of amides is 1. The lowest BCUT2D eigenvalue weighted by Crippen LogP contribution is -2.25. The average Bonchev–Trinajstić information content (AvgIpc) is 3.49. The van der Waals surface area contributed by atoms with Gasteiger partial charge in [0.15, 0.2) is 11.5 Å². The highest BCUT2D eigenvalue weighted by atomic mass is 32.1. The quantitative estimate of drug-likeness (QED) is 0.430. The van der Waals surface area contributed by atoms with Crippen molar-refractivity contribution in [2.24, 2.45) is 7.05 Å². The van der Waals surface area contributed by atoms with Crippen LogP contribution in [0.3, 0.4) is 0 Å². The molecule has 5 aromatic rings. The van der Waals surface area contributed by atoms with E-state index in [0.29, 0.717) is 23.6 Å². The number of anilines is 1. The molecule has 4 aromatic heterocycles. The van der Waals surface area contributed by atoms with Crippen LogP contribution in [0.25, 0.3) is 33.5 Å². The van der Waals surface area contributed by atoms with Gasteiger partial charge in [-0.2, -0.15) is 5.10 Å². The molecule has 4 heterocycles. The first-order valence-electron chi connectivity index (χ1n) is 9.92. The van der Waals surface area contributed by atoms with E-state index in [1.807, 2.05) is 67.2 Å². The van der Waals surface area contributed by atoms with E-state index in [2.05, 4.69) is 25.4 Å². The monoisotopic (exact) mass is 441 g/mol. The number of aryl methyl sites for hydroxylation is 1. The van der Waals surface area contributed by atoms with Gasteiger partial charge < -0.3 is 11.1 Å². The normalized spacial score (nSPS) is 11.0. The van der Waals surface area contributed by atoms with Crippen LogP contribution in [0, 0.1) is 0 Å². The van der Waals surface area contributed by atoms with Crippen molar-refractivity contribution in [3.8, 4) is 22.6 Å². The van der Waals surface area contributed by atoms with E-state index in [4.69, 9.17) is 5.73 Å². The number of hydrogen-bond acceptors (Lipinski definition) is 7. The van der Waals surface area contributed by atoms with Crippen molar-refractivity contribution in [3.63, 3.8) is 0 Å². The van der Waals surface area contributed by atoms with Gasteiger partial charge in [0, 0.05) is 35.3 Å². The molecule has 1 amide bonds. The Hall–Kier alpha value is -4.11. The molecule has 8 nitrogen and oxygen atoms in total. The summed E-state index contributed by atoms with van der Waals surface area (Å²) in [5.74, 6) is -0.319. The Morgan fingerprint density at radius 2 is 2.03 bits per heavy atom. The zero-order chi connectivity index (χ0) is 22.1. The fraction of sp³-hybridized carbons (Fsp3) is 0.0870. The van der Waals surface area contributed by atoms with E-state index in [1.54, 1.807) is 22.2 Å². The third-order valence-electron chi connectivity index (χ3n) is 4.97. The molecule has 0 aliphatic rings. The molecule has 0 fully saturated rings. The molecule has 158 valence electrons. The van der Waals surface area contributed by atoms with Crippen molar-refractivity contribution in [2.45, 2.75) is 6.54 Å². The maximum Gasteiger partial charge on any atom is 0.274 e. The molecule has 0 aliphatic carbocycles. The highest BCUT2D eigenvalue weighted by Crippen LogP contribution is 2.31. The molecule has 0 radical (unpaired) electrons. The van der Waals surface area contributed by atoms with Gasteiger partial charge in [-0.15, -0.1) is 11.3 Å². The van der Waals surface area contributed by atoms with Crippen molar-refractivity contribution < 1.29 is 4.79 Å². The summed E-state index contributed by atoms with van der Waals surface area (Å²) in [5, 5.41) is 10.3. The molecule has 0 bridgehead atoms. The molecule has 0 atom stereocenters. The summed E-state index contributed by atoms with van der Waals surface area (Å²) >= 11 is 1.57. The van der Waals surface area contributed by atoms with Crippen LogP contribution >= 0.6 is 11.3 Å². The van der Waals surface area contributed by atoms with Crippen molar-refractivity contribution in [3.05, 3.63) is 76.9 Å². The van der Waals surface area contributed by atoms with Crippen LogP contribution in [0.1, 0.15) is 15.4 Å². The fourth-order valence-electron chi connectivity index (χ4n) is 3.42. The zero-order valence-electron chi connectivity index (χ0n) is 17.2. The van der Waals surface area contributed by atoms with Crippen LogP contribution in [0.4, 0.5) is 5.82 Å². The van der Waals surface area contributed by atoms with E-state index in [0.717, 1.165) is 21.3 Å². The highest BCUT2D eigenvalue weighted by molar-refractivity contribution is 7.09. The number of aromatic nitrogens is 5. The lowest BCUT2D eigenvalue weighted by atomic mass is 10.0. The SMILES string of the molecule is Cn1ccc(-c2nc(N)c(C(=O)NCc3cccs3)nc2-c2ccc3ncccc3c2)n1. The number of nitrogen functional groups attached to an aromatic ring is 1. The minimum atomic E-state index is -0.375. The number of benzene rings is 1. The number of carbonyl (C=O) groups excluding carboxylic acids is 1. The molecule has 0 spiro atoms. The van der Waals surface area contributed by atoms with Gasteiger partial charge in [-0.3, -0.25) is 14.5 Å². The Morgan fingerprint density at radius 1 is 1.12 bits per heavy atom. The molecular weight excluding hydrogens is 422 g/mol. The van der Waals surface area contributed by atoms with Crippen LogP contribution in [0.2, 0.25) is 0 Å². The Balaban J connectivity index is 1.61. The van der Waals surface area contributed by atoms with E-state index >= 15 is 0 Å². The molecule has 0 aliphatic heterocycles. The lowest BCUT2D eigenvalue weighted by molar-refractivity contribution is 0.0947. The number of thiophene rings is 1. The van der Waals surface area contributed by atoms with Gasteiger partial charge in [-0.05, 0) is 35.7 Å². The van der Waals surface area contributed by atoms with Crippen LogP contribution < -0.4 is 11.1 Å². The summed E-state index contributed by atoms with van der Waals surface area (Å²) in [5.41, 5.74) is 9.60. The van der Waals surface area contributed by atoms with Crippen molar-refractivity contribution in [1.29, 1.82) is 0 Å². The second-order valence-corrected chi connectivity index (χ2v) is 8.23. The molecule has 32 heavy (non-hydrogen) atoms. The van der Waals surface area contributed by atoms with Crippen molar-refractivity contribution in [1.82, 2.24) is 30.0 Å². The first kappa shape index (κ1) is 19.8. The topological polar surface area (TPSA) is 112 Å². The minimum Gasteiger partial charge on any atom is -0.382 e. The summed E-state index contributed by atoms with van der Waals surface area (Å²) in [4.78, 5) is 27.5. The number of rotatable bonds is 5. The van der Waals surface area contributed by atoms with Gasteiger partial charge in [-0.1, -0.05) is 18.2 Å². The average molecular weight is 442 g/mol. The Labute approximate surface area is 187 Å². The second kappa shape index (κ2) is 8.20. The minimum absolute atomic E-state index is 0.0561. The molecule has 3 N–H and O–H groups in total.